The van der Waals surface area contributed by atoms with E-state index in [1.165, 1.54) is 18.9 Å². The number of piperazine rings is 1. The van der Waals surface area contributed by atoms with E-state index in [2.05, 4.69) is 22.1 Å². The first-order chi connectivity index (χ1) is 16.6. The standard InChI is InChI=1S/C24H28N6O3S/c1-3-4-13-29-20-21(26-23(29)28-15-11-25-12-16-28)27-24(34-17-19(31)33-2)30(22(20)32)14-10-18-8-6-5-7-9-18/h5-9,25H,10-17H2,1-2H3. The maximum absolute atomic E-state index is 13.8. The zero-order chi connectivity index (χ0) is 23.9. The van der Waals surface area contributed by atoms with Crippen LogP contribution in [-0.2, 0) is 29.0 Å². The third-order valence-electron chi connectivity index (χ3n) is 5.64. The average Bonchev–Trinajstić information content (AvgIpc) is 3.25. The van der Waals surface area contributed by atoms with Gasteiger partial charge in [-0.2, -0.15) is 4.98 Å². The number of carbonyl (C=O) groups excluding carboxylic acids is 1. The summed E-state index contributed by atoms with van der Waals surface area (Å²) in [5, 5.41) is 3.80. The number of fused-ring (bicyclic) bond motifs is 1. The molecule has 0 radical (unpaired) electrons. The van der Waals surface area contributed by atoms with E-state index in [4.69, 9.17) is 14.7 Å². The van der Waals surface area contributed by atoms with Gasteiger partial charge >= 0.3 is 5.97 Å². The van der Waals surface area contributed by atoms with Crippen LogP contribution in [0.2, 0.25) is 0 Å². The Labute approximate surface area is 202 Å². The Morgan fingerprint density at radius 3 is 2.65 bits per heavy atom. The summed E-state index contributed by atoms with van der Waals surface area (Å²) in [5.74, 6) is 6.38. The van der Waals surface area contributed by atoms with Gasteiger partial charge in [0.25, 0.3) is 5.56 Å². The number of thioether (sulfide) groups is 1. The fourth-order valence-electron chi connectivity index (χ4n) is 3.87. The van der Waals surface area contributed by atoms with E-state index in [0.717, 1.165) is 31.7 Å². The molecule has 1 saturated heterocycles. The maximum Gasteiger partial charge on any atom is 0.316 e. The van der Waals surface area contributed by atoms with Crippen LogP contribution in [0.1, 0.15) is 12.5 Å². The summed E-state index contributed by atoms with van der Waals surface area (Å²) in [6.45, 7) is 5.83. The number of methoxy groups -OCH3 is 1. The van der Waals surface area contributed by atoms with Gasteiger partial charge in [0.2, 0.25) is 5.95 Å². The minimum Gasteiger partial charge on any atom is -0.468 e. The molecule has 3 heterocycles. The normalized spacial score (nSPS) is 13.5. The van der Waals surface area contributed by atoms with Crippen LogP contribution in [0.3, 0.4) is 0 Å². The molecule has 4 rings (SSSR count). The second kappa shape index (κ2) is 11.2. The summed E-state index contributed by atoms with van der Waals surface area (Å²) in [7, 11) is 1.35. The lowest BCUT2D eigenvalue weighted by Gasteiger charge is -2.28. The third kappa shape index (κ3) is 5.26. The second-order valence-corrected chi connectivity index (χ2v) is 8.73. The zero-order valence-corrected chi connectivity index (χ0v) is 20.2. The van der Waals surface area contributed by atoms with Crippen molar-refractivity contribution in [3.05, 3.63) is 46.2 Å². The minimum absolute atomic E-state index is 0.0620. The average molecular weight is 481 g/mol. The molecule has 0 aliphatic carbocycles. The quantitative estimate of drug-likeness (QED) is 0.225. The van der Waals surface area contributed by atoms with Crippen LogP contribution in [0.15, 0.2) is 40.3 Å². The Morgan fingerprint density at radius 1 is 1.18 bits per heavy atom. The summed E-state index contributed by atoms with van der Waals surface area (Å²) >= 11 is 1.19. The molecule has 1 aliphatic heterocycles. The molecule has 1 aromatic carbocycles. The summed E-state index contributed by atoms with van der Waals surface area (Å²) < 4.78 is 8.30. The molecule has 1 fully saturated rings. The van der Waals surface area contributed by atoms with Crippen LogP contribution in [0.25, 0.3) is 11.2 Å². The molecule has 1 N–H and O–H groups in total. The van der Waals surface area contributed by atoms with Crippen LogP contribution in [0, 0.1) is 11.8 Å². The number of anilines is 1. The summed E-state index contributed by atoms with van der Waals surface area (Å²) in [4.78, 5) is 37.3. The number of aryl methyl sites for hydroxylation is 1. The highest BCUT2D eigenvalue weighted by Gasteiger charge is 2.24. The fraction of sp³-hybridized carbons (Fsp3) is 0.417. The van der Waals surface area contributed by atoms with E-state index in [9.17, 15) is 9.59 Å². The number of nitrogens with zero attached hydrogens (tertiary/aromatic N) is 5. The van der Waals surface area contributed by atoms with Gasteiger partial charge in [0.1, 0.15) is 0 Å². The van der Waals surface area contributed by atoms with E-state index in [0.29, 0.717) is 41.8 Å². The van der Waals surface area contributed by atoms with E-state index >= 15 is 0 Å². The molecule has 0 atom stereocenters. The van der Waals surface area contributed by atoms with Crippen molar-refractivity contribution in [3.8, 4) is 11.8 Å². The number of carbonyl (C=O) groups is 1. The van der Waals surface area contributed by atoms with Gasteiger partial charge in [-0.15, -0.1) is 5.92 Å². The summed E-state index contributed by atoms with van der Waals surface area (Å²) in [6.07, 6.45) is 0.660. The van der Waals surface area contributed by atoms with Crippen molar-refractivity contribution in [2.45, 2.75) is 31.6 Å². The topological polar surface area (TPSA) is 94.3 Å². The van der Waals surface area contributed by atoms with Gasteiger partial charge in [0.15, 0.2) is 16.3 Å². The van der Waals surface area contributed by atoms with Gasteiger partial charge in [-0.1, -0.05) is 48.0 Å². The largest absolute Gasteiger partial charge is 0.468 e. The number of imidazole rings is 1. The molecule has 0 saturated carbocycles. The highest BCUT2D eigenvalue weighted by molar-refractivity contribution is 7.99. The number of hydrogen-bond acceptors (Lipinski definition) is 8. The summed E-state index contributed by atoms with van der Waals surface area (Å²) in [5.41, 5.74) is 1.75. The third-order valence-corrected chi connectivity index (χ3v) is 6.59. The first-order valence-electron chi connectivity index (χ1n) is 11.2. The Kier molecular flexibility index (Phi) is 7.87. The number of ether oxygens (including phenoxy) is 1. The molecule has 0 bridgehead atoms. The Morgan fingerprint density at radius 2 is 1.94 bits per heavy atom. The van der Waals surface area contributed by atoms with Crippen LogP contribution < -0.4 is 15.8 Å². The molecule has 178 valence electrons. The van der Waals surface area contributed by atoms with E-state index < -0.39 is 0 Å². The van der Waals surface area contributed by atoms with Crippen LogP contribution in [0.4, 0.5) is 5.95 Å². The van der Waals surface area contributed by atoms with Crippen molar-refractivity contribution < 1.29 is 9.53 Å². The molecular weight excluding hydrogens is 452 g/mol. The van der Waals surface area contributed by atoms with Crippen molar-refractivity contribution >= 4 is 34.8 Å². The van der Waals surface area contributed by atoms with Gasteiger partial charge < -0.3 is 15.0 Å². The molecule has 0 spiro atoms. The smallest absolute Gasteiger partial charge is 0.316 e. The number of rotatable bonds is 8. The lowest BCUT2D eigenvalue weighted by molar-refractivity contribution is -0.137. The first kappa shape index (κ1) is 23.9. The van der Waals surface area contributed by atoms with E-state index in [1.807, 2.05) is 34.9 Å². The van der Waals surface area contributed by atoms with Gasteiger partial charge in [0, 0.05) is 32.7 Å². The molecule has 2 aromatic heterocycles. The van der Waals surface area contributed by atoms with E-state index in [1.54, 1.807) is 11.5 Å². The van der Waals surface area contributed by atoms with Gasteiger partial charge in [-0.05, 0) is 18.9 Å². The highest BCUT2D eigenvalue weighted by atomic mass is 32.2. The zero-order valence-electron chi connectivity index (χ0n) is 19.4. The first-order valence-corrected chi connectivity index (χ1v) is 12.2. The van der Waals surface area contributed by atoms with Crippen LogP contribution in [0.5, 0.6) is 0 Å². The van der Waals surface area contributed by atoms with Crippen LogP contribution >= 0.6 is 11.8 Å². The van der Waals surface area contributed by atoms with Crippen molar-refractivity contribution in [2.75, 3.05) is 43.9 Å². The van der Waals surface area contributed by atoms with Crippen molar-refractivity contribution in [3.63, 3.8) is 0 Å². The molecule has 10 heteroatoms. The fourth-order valence-corrected chi connectivity index (χ4v) is 4.72. The van der Waals surface area contributed by atoms with Gasteiger partial charge in [-0.3, -0.25) is 18.7 Å². The molecular formula is C24H28N6O3S. The number of aromatic nitrogens is 4. The number of hydrogen-bond donors (Lipinski definition) is 1. The van der Waals surface area contributed by atoms with Crippen molar-refractivity contribution in [1.82, 2.24) is 24.4 Å². The Bertz CT molecular complexity index is 1270. The molecule has 1 aliphatic rings. The second-order valence-electron chi connectivity index (χ2n) is 7.79. The molecule has 34 heavy (non-hydrogen) atoms. The van der Waals surface area contributed by atoms with Crippen molar-refractivity contribution in [2.24, 2.45) is 0 Å². The predicted molar refractivity (Wildman–Crippen MR) is 133 cm³/mol. The molecule has 0 amide bonds. The van der Waals surface area contributed by atoms with Gasteiger partial charge in [-0.25, -0.2) is 4.98 Å². The lowest BCUT2D eigenvalue weighted by Crippen LogP contribution is -2.44. The lowest BCUT2D eigenvalue weighted by atomic mass is 10.1. The molecule has 3 aromatic rings. The number of esters is 1. The SMILES string of the molecule is CC#CCn1c(N2CCNCC2)nc2nc(SCC(=O)OC)n(CCc3ccccc3)c(=O)c21. The number of nitrogens with one attached hydrogen (secondary N) is 1. The van der Waals surface area contributed by atoms with Gasteiger partial charge in [0.05, 0.1) is 19.4 Å². The predicted octanol–water partition coefficient (Wildman–Crippen LogP) is 1.53. The Balaban J connectivity index is 1.81. The Hall–Kier alpha value is -3.29. The molecule has 0 unspecified atom stereocenters. The van der Waals surface area contributed by atoms with Crippen LogP contribution in [-0.4, -0.2) is 64.1 Å². The maximum atomic E-state index is 13.8. The minimum atomic E-state index is -0.376. The molecule has 9 nitrogen and oxygen atoms in total. The summed E-state index contributed by atoms with van der Waals surface area (Å²) in [6, 6.07) is 9.98. The van der Waals surface area contributed by atoms with Crippen molar-refractivity contribution in [1.29, 1.82) is 0 Å². The monoisotopic (exact) mass is 480 g/mol. The number of benzene rings is 1. The highest BCUT2D eigenvalue weighted by Crippen LogP contribution is 2.23. The van der Waals surface area contributed by atoms with E-state index in [-0.39, 0.29) is 17.3 Å².